The van der Waals surface area contributed by atoms with Crippen molar-refractivity contribution in [1.29, 1.82) is 0 Å². The maximum absolute atomic E-state index is 12.4. The van der Waals surface area contributed by atoms with Crippen molar-refractivity contribution in [3.8, 4) is 0 Å². The molecular weight excluding hydrogens is 268 g/mol. The Kier molecular flexibility index (Phi) is 5.39. The molecule has 1 aromatic carbocycles. The highest BCUT2D eigenvalue weighted by atomic mass is 32.2. The van der Waals surface area contributed by atoms with Gasteiger partial charge in [0.15, 0.2) is 11.1 Å². The van der Waals surface area contributed by atoms with Crippen LogP contribution in [-0.2, 0) is 15.3 Å². The summed E-state index contributed by atoms with van der Waals surface area (Å²) in [7, 11) is 0. The van der Waals surface area contributed by atoms with Gasteiger partial charge in [0.2, 0.25) is 0 Å². The highest BCUT2D eigenvalue weighted by molar-refractivity contribution is 7.80. The van der Waals surface area contributed by atoms with Crippen molar-refractivity contribution in [2.24, 2.45) is 17.8 Å². The fourth-order valence-corrected chi connectivity index (χ4v) is 3.96. The van der Waals surface area contributed by atoms with Crippen molar-refractivity contribution in [2.45, 2.75) is 58.0 Å². The Hall–Kier alpha value is -0.670. The maximum Gasteiger partial charge on any atom is 0.189 e. The zero-order valence-electron chi connectivity index (χ0n) is 13.0. The largest absolute Gasteiger partial charge is 0.283 e. The molecule has 1 fully saturated rings. The summed E-state index contributed by atoms with van der Waals surface area (Å²) in [6.07, 6.45) is 3.61. The second-order valence-electron chi connectivity index (χ2n) is 6.51. The molecule has 1 saturated carbocycles. The Morgan fingerprint density at radius 3 is 2.45 bits per heavy atom. The molecule has 3 heteroatoms. The molecule has 1 aromatic rings. The topological polar surface area (TPSA) is 26.3 Å². The molecule has 1 aliphatic carbocycles. The Labute approximate surface area is 125 Å². The van der Waals surface area contributed by atoms with Gasteiger partial charge < -0.3 is 0 Å². The Morgan fingerprint density at radius 1 is 1.20 bits per heavy atom. The first-order chi connectivity index (χ1) is 9.47. The molecule has 0 radical (unpaired) electrons. The summed E-state index contributed by atoms with van der Waals surface area (Å²) >= 11 is -1.34. The van der Waals surface area contributed by atoms with Gasteiger partial charge in [-0.1, -0.05) is 44.9 Å². The number of rotatable bonds is 4. The molecule has 0 bridgehead atoms. The van der Waals surface area contributed by atoms with Crippen LogP contribution >= 0.6 is 0 Å². The molecule has 0 aromatic heterocycles. The van der Waals surface area contributed by atoms with Crippen LogP contribution in [-0.4, -0.2) is 10.3 Å². The highest BCUT2D eigenvalue weighted by Crippen LogP contribution is 2.36. The predicted octanol–water partition coefficient (Wildman–Crippen LogP) is 4.50. The highest BCUT2D eigenvalue weighted by Gasteiger charge is 2.33. The van der Waals surface area contributed by atoms with Crippen LogP contribution in [0.15, 0.2) is 29.2 Å². The second kappa shape index (κ2) is 6.86. The van der Waals surface area contributed by atoms with Crippen molar-refractivity contribution in [1.82, 2.24) is 0 Å². The van der Waals surface area contributed by atoms with Gasteiger partial charge in [0.25, 0.3) is 0 Å². The zero-order valence-corrected chi connectivity index (χ0v) is 13.8. The van der Waals surface area contributed by atoms with E-state index in [-0.39, 0.29) is 6.10 Å². The quantitative estimate of drug-likeness (QED) is 0.817. The van der Waals surface area contributed by atoms with E-state index in [4.69, 9.17) is 4.18 Å². The molecule has 0 spiro atoms. The summed E-state index contributed by atoms with van der Waals surface area (Å²) in [5, 5.41) is 0. The fraction of sp³-hybridized carbons (Fsp3) is 0.647. The maximum atomic E-state index is 12.4. The molecule has 2 nitrogen and oxygen atoms in total. The number of hydrogen-bond donors (Lipinski definition) is 0. The second-order valence-corrected chi connectivity index (χ2v) is 7.64. The van der Waals surface area contributed by atoms with Crippen molar-refractivity contribution in [3.05, 3.63) is 29.8 Å². The van der Waals surface area contributed by atoms with E-state index in [2.05, 4.69) is 20.8 Å². The molecule has 4 atom stereocenters. The smallest absolute Gasteiger partial charge is 0.189 e. The lowest BCUT2D eigenvalue weighted by Crippen LogP contribution is -2.34. The average molecular weight is 294 g/mol. The summed E-state index contributed by atoms with van der Waals surface area (Å²) in [5.74, 6) is 1.79. The van der Waals surface area contributed by atoms with Crippen molar-refractivity contribution in [3.63, 3.8) is 0 Å². The van der Waals surface area contributed by atoms with Gasteiger partial charge in [0.1, 0.15) is 0 Å². The summed E-state index contributed by atoms with van der Waals surface area (Å²) in [6.45, 7) is 8.78. The van der Waals surface area contributed by atoms with Crippen LogP contribution in [0.4, 0.5) is 0 Å². The van der Waals surface area contributed by atoms with Crippen LogP contribution < -0.4 is 0 Å². The van der Waals surface area contributed by atoms with E-state index in [0.717, 1.165) is 11.3 Å². The SMILES string of the molecule is Cc1ccc([S@@](=O)O[C@H]2C[C@@H](C)CC[C@H]2C(C)C)cc1. The van der Waals surface area contributed by atoms with Gasteiger partial charge in [-0.2, -0.15) is 0 Å². The lowest BCUT2D eigenvalue weighted by Gasteiger charge is -2.36. The summed E-state index contributed by atoms with van der Waals surface area (Å²) in [5.41, 5.74) is 1.18. The van der Waals surface area contributed by atoms with E-state index in [1.54, 1.807) is 0 Å². The molecule has 0 aliphatic heterocycles. The summed E-state index contributed by atoms with van der Waals surface area (Å²) < 4.78 is 18.3. The minimum atomic E-state index is -1.34. The van der Waals surface area contributed by atoms with E-state index in [1.807, 2.05) is 31.2 Å². The van der Waals surface area contributed by atoms with Crippen LogP contribution in [0.5, 0.6) is 0 Å². The molecule has 112 valence electrons. The monoisotopic (exact) mass is 294 g/mol. The van der Waals surface area contributed by atoms with Crippen LogP contribution in [0.25, 0.3) is 0 Å². The fourth-order valence-electron chi connectivity index (χ4n) is 3.04. The third-order valence-corrected chi connectivity index (χ3v) is 5.46. The molecular formula is C17H26O2S. The first kappa shape index (κ1) is 15.7. The molecule has 20 heavy (non-hydrogen) atoms. The summed E-state index contributed by atoms with van der Waals surface area (Å²) in [4.78, 5) is 0.774. The summed E-state index contributed by atoms with van der Waals surface area (Å²) in [6, 6.07) is 7.78. The number of hydrogen-bond acceptors (Lipinski definition) is 2. The van der Waals surface area contributed by atoms with Crippen LogP contribution in [0, 0.1) is 24.7 Å². The number of aryl methyl sites for hydroxylation is 1. The van der Waals surface area contributed by atoms with E-state index in [1.165, 1.54) is 18.4 Å². The van der Waals surface area contributed by atoms with E-state index >= 15 is 0 Å². The van der Waals surface area contributed by atoms with Crippen molar-refractivity contribution < 1.29 is 8.39 Å². The minimum absolute atomic E-state index is 0.126. The number of benzene rings is 1. The molecule has 0 unspecified atom stereocenters. The van der Waals surface area contributed by atoms with Gasteiger partial charge in [-0.25, -0.2) is 4.21 Å². The van der Waals surface area contributed by atoms with Gasteiger partial charge in [-0.05, 0) is 49.7 Å². The third kappa shape index (κ3) is 3.92. The standard InChI is InChI=1S/C17H26O2S/c1-12(2)16-10-7-14(4)11-17(16)19-20(18)15-8-5-13(3)6-9-15/h5-6,8-9,12,14,16-17H,7,10-11H2,1-4H3/t14-,16-,17-,20-/m0/s1. The van der Waals surface area contributed by atoms with Crippen LogP contribution in [0.1, 0.15) is 45.6 Å². The van der Waals surface area contributed by atoms with Crippen LogP contribution in [0.2, 0.25) is 0 Å². The molecule has 0 saturated heterocycles. The normalized spacial score (nSPS) is 28.6. The van der Waals surface area contributed by atoms with Gasteiger partial charge in [0.05, 0.1) is 11.0 Å². The van der Waals surface area contributed by atoms with Gasteiger partial charge in [-0.3, -0.25) is 4.18 Å². The van der Waals surface area contributed by atoms with Crippen molar-refractivity contribution >= 4 is 11.1 Å². The third-order valence-electron chi connectivity index (χ3n) is 4.39. The first-order valence-electron chi connectivity index (χ1n) is 7.63. The van der Waals surface area contributed by atoms with E-state index in [9.17, 15) is 4.21 Å². The van der Waals surface area contributed by atoms with E-state index < -0.39 is 11.1 Å². The van der Waals surface area contributed by atoms with Gasteiger partial charge in [-0.15, -0.1) is 0 Å². The van der Waals surface area contributed by atoms with Crippen molar-refractivity contribution in [2.75, 3.05) is 0 Å². The van der Waals surface area contributed by atoms with E-state index in [0.29, 0.717) is 17.8 Å². The minimum Gasteiger partial charge on any atom is -0.283 e. The van der Waals surface area contributed by atoms with Crippen LogP contribution in [0.3, 0.4) is 0 Å². The lowest BCUT2D eigenvalue weighted by atomic mass is 9.75. The molecule has 0 N–H and O–H groups in total. The molecule has 1 aliphatic rings. The Bertz CT molecular complexity index is 453. The Balaban J connectivity index is 2.05. The molecule has 2 rings (SSSR count). The van der Waals surface area contributed by atoms with Gasteiger partial charge in [0, 0.05) is 0 Å². The lowest BCUT2D eigenvalue weighted by molar-refractivity contribution is 0.0567. The van der Waals surface area contributed by atoms with Gasteiger partial charge >= 0.3 is 0 Å². The zero-order chi connectivity index (χ0) is 14.7. The molecule has 0 heterocycles. The average Bonchev–Trinajstić information content (AvgIpc) is 2.39. The molecule has 0 amide bonds. The Morgan fingerprint density at radius 2 is 1.85 bits per heavy atom. The predicted molar refractivity (Wildman–Crippen MR) is 83.8 cm³/mol. The first-order valence-corrected chi connectivity index (χ1v) is 8.70.